The number of carbonyl (C=O) groups is 2. The number of nitrogens with zero attached hydrogens (tertiary/aromatic N) is 8. The van der Waals surface area contributed by atoms with E-state index in [4.69, 9.17) is 53.6 Å². The van der Waals surface area contributed by atoms with Gasteiger partial charge in [0.05, 0.1) is 105 Å². The van der Waals surface area contributed by atoms with E-state index in [0.717, 1.165) is 36.4 Å². The largest absolute Gasteiger partial charge is 0.473 e. The van der Waals surface area contributed by atoms with E-state index in [1.165, 1.54) is 84.9 Å². The number of carbonyl (C=O) groups excluding carboxylic acids is 2. The van der Waals surface area contributed by atoms with Gasteiger partial charge in [-0.1, -0.05) is 24.3 Å². The highest BCUT2D eigenvalue weighted by atomic mass is 19.1. The third-order valence-corrected chi connectivity index (χ3v) is 16.1. The summed E-state index contributed by atoms with van der Waals surface area (Å²) in [6.07, 6.45) is -0.376. The number of ether oxygens (including phenoxy) is 7. The Balaban J connectivity index is 0.796. The standard InChI is InChI=1S/C68H52F6N8O9/c1-85-61-17-19-87-35-59(61)81-57-25-39(13-15-55(57)77-63(81)27-43-23-51(73)45(29-49(43)71)53-5-3-7-65(79-53)89-33-41-11-9-37(31-75)21-47(41)69)67(83)91-68(84)40-14-16-56-58(26-40)82(60-36-88-20-18-62(60)86-2)64(78-56)28-44-24-52(74)46(30-50(44)72)54-6-4-8-66(80-54)90-34-42-12-10-38(32-76)22-48(42)70/h3-16,21-26,29-30,59-62H,17-20,27-28,33-36H2,1-2H3/t59-,60-,61+,62+/m1/s1. The second-order valence-electron chi connectivity index (χ2n) is 21.6. The van der Waals surface area contributed by atoms with Gasteiger partial charge in [-0.2, -0.15) is 10.5 Å². The molecule has 2 aliphatic heterocycles. The van der Waals surface area contributed by atoms with Crippen molar-refractivity contribution in [2.24, 2.45) is 0 Å². The van der Waals surface area contributed by atoms with Crippen molar-refractivity contribution in [2.75, 3.05) is 40.6 Å². The van der Waals surface area contributed by atoms with Crippen molar-refractivity contribution in [1.29, 1.82) is 10.5 Å². The van der Waals surface area contributed by atoms with E-state index >= 15 is 17.6 Å². The molecule has 4 atom stereocenters. The van der Waals surface area contributed by atoms with Gasteiger partial charge < -0.3 is 42.3 Å². The quantitative estimate of drug-likeness (QED) is 0.0445. The molecule has 10 aromatic rings. The normalized spacial score (nSPS) is 16.5. The Morgan fingerprint density at radius 2 is 0.945 bits per heavy atom. The van der Waals surface area contributed by atoms with Gasteiger partial charge in [0.25, 0.3) is 0 Å². The van der Waals surface area contributed by atoms with Gasteiger partial charge in [-0.25, -0.2) is 55.9 Å². The number of aromatic nitrogens is 6. The summed E-state index contributed by atoms with van der Waals surface area (Å²) in [6.45, 7) is 0.553. The van der Waals surface area contributed by atoms with Crippen LogP contribution in [0.15, 0.2) is 133 Å². The molecule has 0 unspecified atom stereocenters. The van der Waals surface area contributed by atoms with Crippen LogP contribution in [0.5, 0.6) is 11.8 Å². The van der Waals surface area contributed by atoms with Crippen LogP contribution in [0, 0.1) is 57.6 Å². The Morgan fingerprint density at radius 1 is 0.516 bits per heavy atom. The van der Waals surface area contributed by atoms with Gasteiger partial charge in [-0.15, -0.1) is 0 Å². The van der Waals surface area contributed by atoms with Gasteiger partial charge in [0.2, 0.25) is 11.8 Å². The molecule has 6 heterocycles. The number of halogens is 6. The van der Waals surface area contributed by atoms with Gasteiger partial charge in [0, 0.05) is 74.7 Å². The SMILES string of the molecule is CO[C@H]1CCOC[C@H]1n1c(Cc2cc(F)c(-c3cccc(OCc4ccc(C#N)cc4F)n3)cc2F)nc2ccc(C(=O)OC(=O)c3ccc4nc(Cc5cc(F)c(-c6cccc(OCc7ccc(C#N)cc7F)n6)cc5F)n([C@@H]5COCC[C@@H]5OC)c4c3)cc21. The molecule has 460 valence electrons. The molecule has 0 saturated carbocycles. The van der Waals surface area contributed by atoms with E-state index in [9.17, 15) is 18.4 Å². The summed E-state index contributed by atoms with van der Waals surface area (Å²) >= 11 is 0. The van der Waals surface area contributed by atoms with E-state index in [1.54, 1.807) is 35.5 Å². The minimum Gasteiger partial charge on any atom is -0.473 e. The summed E-state index contributed by atoms with van der Waals surface area (Å²) in [6, 6.07) is 32.5. The first-order valence-corrected chi connectivity index (χ1v) is 28.7. The van der Waals surface area contributed by atoms with E-state index in [1.807, 2.05) is 12.1 Å². The molecule has 91 heavy (non-hydrogen) atoms. The third kappa shape index (κ3) is 12.8. The summed E-state index contributed by atoms with van der Waals surface area (Å²) in [5.74, 6) is -5.94. The number of pyridine rings is 2. The molecule has 0 bridgehead atoms. The molecule has 0 radical (unpaired) electrons. The summed E-state index contributed by atoms with van der Waals surface area (Å²) < 4.78 is 138. The second kappa shape index (κ2) is 26.4. The number of hydrogen-bond donors (Lipinski definition) is 0. The van der Waals surface area contributed by atoms with Crippen molar-refractivity contribution < 1.29 is 69.1 Å². The Hall–Kier alpha value is -10.3. The highest BCUT2D eigenvalue weighted by molar-refractivity contribution is 6.05. The van der Waals surface area contributed by atoms with Crippen LogP contribution in [0.4, 0.5) is 26.3 Å². The average molecular weight is 1240 g/mol. The van der Waals surface area contributed by atoms with Crippen LogP contribution < -0.4 is 9.47 Å². The predicted octanol–water partition coefficient (Wildman–Crippen LogP) is 12.4. The van der Waals surface area contributed by atoms with Crippen LogP contribution in [0.25, 0.3) is 44.6 Å². The zero-order valence-electron chi connectivity index (χ0n) is 48.6. The van der Waals surface area contributed by atoms with Crippen LogP contribution in [0.3, 0.4) is 0 Å². The Morgan fingerprint density at radius 3 is 1.35 bits per heavy atom. The highest BCUT2D eigenvalue weighted by Crippen LogP contribution is 2.36. The average Bonchev–Trinajstić information content (AvgIpc) is 1.83. The molecule has 2 fully saturated rings. The van der Waals surface area contributed by atoms with Crippen molar-refractivity contribution >= 4 is 34.0 Å². The molecular formula is C68H52F6N8O9. The summed E-state index contributed by atoms with van der Waals surface area (Å²) in [4.78, 5) is 46.6. The minimum absolute atomic E-state index is 0.0168. The van der Waals surface area contributed by atoms with Gasteiger partial charge in [-0.3, -0.25) is 0 Å². The summed E-state index contributed by atoms with van der Waals surface area (Å²) in [5, 5.41) is 18.2. The van der Waals surface area contributed by atoms with Gasteiger partial charge in [0.1, 0.15) is 59.8 Å². The number of nitriles is 2. The Bertz CT molecular complexity index is 4280. The van der Waals surface area contributed by atoms with Gasteiger partial charge in [0.15, 0.2) is 0 Å². The van der Waals surface area contributed by atoms with Crippen LogP contribution in [0.1, 0.15) is 90.7 Å². The fourth-order valence-electron chi connectivity index (χ4n) is 11.4. The third-order valence-electron chi connectivity index (χ3n) is 16.1. The van der Waals surface area contributed by atoms with Crippen LogP contribution in [0.2, 0.25) is 0 Å². The number of esters is 2. The maximum Gasteiger partial charge on any atom is 0.346 e. The second-order valence-corrected chi connectivity index (χ2v) is 21.6. The molecular weight excluding hydrogens is 1190 g/mol. The fraction of sp³-hybridized carbons (Fsp3) is 0.235. The van der Waals surface area contributed by atoms with Crippen LogP contribution in [-0.4, -0.2) is 93.9 Å². The lowest BCUT2D eigenvalue weighted by Crippen LogP contribution is -2.36. The lowest BCUT2D eigenvalue weighted by molar-refractivity contribution is -0.0493. The molecule has 0 amide bonds. The van der Waals surface area contributed by atoms with E-state index in [2.05, 4.69) is 9.97 Å². The van der Waals surface area contributed by atoms with Crippen molar-refractivity contribution in [3.63, 3.8) is 0 Å². The van der Waals surface area contributed by atoms with Gasteiger partial charge >= 0.3 is 11.9 Å². The number of fused-ring (bicyclic) bond motifs is 2. The topological polar surface area (TPSA) is 208 Å². The van der Waals surface area contributed by atoms with Crippen LogP contribution in [-0.2, 0) is 49.7 Å². The monoisotopic (exact) mass is 1240 g/mol. The predicted molar refractivity (Wildman–Crippen MR) is 315 cm³/mol. The van der Waals surface area contributed by atoms with Crippen LogP contribution >= 0.6 is 0 Å². The molecule has 0 spiro atoms. The maximum absolute atomic E-state index is 16.3. The molecule has 0 aliphatic carbocycles. The Labute approximate surface area is 515 Å². The Kier molecular flexibility index (Phi) is 17.7. The van der Waals surface area contributed by atoms with Crippen molar-refractivity contribution in [2.45, 2.75) is 63.2 Å². The minimum atomic E-state index is -1.03. The van der Waals surface area contributed by atoms with E-state index in [-0.39, 0.29) is 130 Å². The molecule has 0 N–H and O–H groups in total. The zero-order valence-corrected chi connectivity index (χ0v) is 48.6. The number of imidazole rings is 2. The highest BCUT2D eigenvalue weighted by Gasteiger charge is 2.34. The first-order valence-electron chi connectivity index (χ1n) is 28.7. The molecule has 6 aromatic carbocycles. The van der Waals surface area contributed by atoms with Crippen molar-refractivity contribution in [3.05, 3.63) is 225 Å². The molecule has 2 saturated heterocycles. The lowest BCUT2D eigenvalue weighted by Gasteiger charge is -2.33. The number of hydrogen-bond acceptors (Lipinski definition) is 15. The molecule has 17 nitrogen and oxygen atoms in total. The van der Waals surface area contributed by atoms with E-state index in [0.29, 0.717) is 48.1 Å². The number of rotatable bonds is 18. The lowest BCUT2D eigenvalue weighted by atomic mass is 10.0. The van der Waals surface area contributed by atoms with Crippen molar-refractivity contribution in [3.8, 4) is 46.4 Å². The first kappa shape index (κ1) is 61.0. The maximum atomic E-state index is 16.3. The van der Waals surface area contributed by atoms with Crippen molar-refractivity contribution in [1.82, 2.24) is 29.1 Å². The number of benzene rings is 6. The van der Waals surface area contributed by atoms with E-state index < -0.39 is 71.1 Å². The first-order chi connectivity index (χ1) is 44.2. The molecule has 4 aromatic heterocycles. The summed E-state index contributed by atoms with van der Waals surface area (Å²) in [7, 11) is 3.08. The zero-order chi connectivity index (χ0) is 63.4. The molecule has 12 rings (SSSR count). The fourth-order valence-corrected chi connectivity index (χ4v) is 11.4. The molecule has 2 aliphatic rings. The van der Waals surface area contributed by atoms with Gasteiger partial charge in [-0.05, 0) is 121 Å². The molecule has 23 heteroatoms. The number of methoxy groups -OCH3 is 2. The smallest absolute Gasteiger partial charge is 0.346 e. The summed E-state index contributed by atoms with van der Waals surface area (Å²) in [5.41, 5.74) is 1.63.